The Morgan fingerprint density at radius 2 is 1.89 bits per heavy atom. The zero-order valence-corrected chi connectivity index (χ0v) is 10.7. The summed E-state index contributed by atoms with van der Waals surface area (Å²) in [5, 5.41) is 0. The van der Waals surface area contributed by atoms with Crippen molar-refractivity contribution in [3.8, 4) is 11.5 Å². The van der Waals surface area contributed by atoms with Crippen LogP contribution in [-0.2, 0) is 9.53 Å². The van der Waals surface area contributed by atoms with Crippen LogP contribution in [0.5, 0.6) is 11.5 Å². The highest BCUT2D eigenvalue weighted by Crippen LogP contribution is 2.17. The zero-order chi connectivity index (χ0) is 13.4. The highest BCUT2D eigenvalue weighted by Gasteiger charge is 2.14. The molecule has 0 spiro atoms. The van der Waals surface area contributed by atoms with Crippen LogP contribution in [0.2, 0.25) is 0 Å². The lowest BCUT2D eigenvalue weighted by atomic mass is 10.2. The fourth-order valence-electron chi connectivity index (χ4n) is 1.34. The van der Waals surface area contributed by atoms with Crippen molar-refractivity contribution in [1.29, 1.82) is 0 Å². The molecule has 0 aliphatic rings. The van der Waals surface area contributed by atoms with Crippen LogP contribution in [0.1, 0.15) is 13.3 Å². The van der Waals surface area contributed by atoms with Gasteiger partial charge < -0.3 is 19.9 Å². The fourth-order valence-corrected chi connectivity index (χ4v) is 1.34. The van der Waals surface area contributed by atoms with E-state index in [1.165, 1.54) is 0 Å². The van der Waals surface area contributed by atoms with Crippen molar-refractivity contribution in [2.24, 2.45) is 5.73 Å². The van der Waals surface area contributed by atoms with Crippen molar-refractivity contribution in [3.05, 3.63) is 24.3 Å². The van der Waals surface area contributed by atoms with Gasteiger partial charge in [0.15, 0.2) is 0 Å². The quantitative estimate of drug-likeness (QED) is 0.743. The van der Waals surface area contributed by atoms with Gasteiger partial charge in [0.1, 0.15) is 17.5 Å². The van der Waals surface area contributed by atoms with E-state index < -0.39 is 12.0 Å². The summed E-state index contributed by atoms with van der Waals surface area (Å²) in [5.41, 5.74) is 5.64. The Labute approximate surface area is 107 Å². The number of hydrogen-bond donors (Lipinski definition) is 1. The SMILES string of the molecule is CCOC(=O)C(N)CCOc1ccc(OC)cc1. The van der Waals surface area contributed by atoms with Crippen LogP contribution in [0.15, 0.2) is 24.3 Å². The van der Waals surface area contributed by atoms with Crippen molar-refractivity contribution >= 4 is 5.97 Å². The van der Waals surface area contributed by atoms with Crippen LogP contribution < -0.4 is 15.2 Å². The average Bonchev–Trinajstić information content (AvgIpc) is 2.39. The second-order valence-corrected chi connectivity index (χ2v) is 3.67. The Morgan fingerprint density at radius 1 is 1.28 bits per heavy atom. The minimum Gasteiger partial charge on any atom is -0.497 e. The maximum absolute atomic E-state index is 11.2. The molecule has 0 aliphatic carbocycles. The molecule has 1 atom stereocenters. The van der Waals surface area contributed by atoms with Crippen molar-refractivity contribution < 1.29 is 19.0 Å². The first-order chi connectivity index (χ1) is 8.67. The number of methoxy groups -OCH3 is 1. The standard InChI is InChI=1S/C13H19NO4/c1-3-17-13(15)12(14)8-9-18-11-6-4-10(16-2)5-7-11/h4-7,12H,3,8-9,14H2,1-2H3. The Hall–Kier alpha value is -1.75. The van der Waals surface area contributed by atoms with Gasteiger partial charge >= 0.3 is 5.97 Å². The van der Waals surface area contributed by atoms with Gasteiger partial charge in [-0.2, -0.15) is 0 Å². The molecular weight excluding hydrogens is 234 g/mol. The van der Waals surface area contributed by atoms with Crippen molar-refractivity contribution in [2.45, 2.75) is 19.4 Å². The molecule has 1 aromatic carbocycles. The number of carbonyl (C=O) groups is 1. The van der Waals surface area contributed by atoms with E-state index in [0.717, 1.165) is 5.75 Å². The number of nitrogens with two attached hydrogens (primary N) is 1. The Balaban J connectivity index is 2.30. The van der Waals surface area contributed by atoms with Crippen LogP contribution >= 0.6 is 0 Å². The van der Waals surface area contributed by atoms with E-state index in [9.17, 15) is 4.79 Å². The summed E-state index contributed by atoms with van der Waals surface area (Å²) in [6, 6.07) is 6.58. The summed E-state index contributed by atoms with van der Waals surface area (Å²) in [7, 11) is 1.61. The minimum absolute atomic E-state index is 0.339. The van der Waals surface area contributed by atoms with Gasteiger partial charge in [0, 0.05) is 6.42 Å². The molecule has 1 unspecified atom stereocenters. The lowest BCUT2D eigenvalue weighted by molar-refractivity contribution is -0.145. The Morgan fingerprint density at radius 3 is 2.44 bits per heavy atom. The number of hydrogen-bond acceptors (Lipinski definition) is 5. The third kappa shape index (κ3) is 4.63. The van der Waals surface area contributed by atoms with Gasteiger partial charge in [-0.05, 0) is 31.2 Å². The van der Waals surface area contributed by atoms with E-state index in [2.05, 4.69) is 0 Å². The molecule has 0 heterocycles. The van der Waals surface area contributed by atoms with E-state index >= 15 is 0 Å². The van der Waals surface area contributed by atoms with Crippen LogP contribution in [0.3, 0.4) is 0 Å². The van der Waals surface area contributed by atoms with Crippen LogP contribution in [0.25, 0.3) is 0 Å². The van der Waals surface area contributed by atoms with Crippen molar-refractivity contribution in [1.82, 2.24) is 0 Å². The molecule has 2 N–H and O–H groups in total. The van der Waals surface area contributed by atoms with E-state index in [1.54, 1.807) is 38.3 Å². The summed E-state index contributed by atoms with van der Waals surface area (Å²) < 4.78 is 15.3. The van der Waals surface area contributed by atoms with Gasteiger partial charge in [0.2, 0.25) is 0 Å². The molecule has 0 aliphatic heterocycles. The number of ether oxygens (including phenoxy) is 3. The van der Waals surface area contributed by atoms with E-state index in [0.29, 0.717) is 25.4 Å². The number of rotatable bonds is 7. The van der Waals surface area contributed by atoms with Gasteiger partial charge in [0.25, 0.3) is 0 Å². The first kappa shape index (κ1) is 14.3. The van der Waals surface area contributed by atoms with Gasteiger partial charge in [-0.25, -0.2) is 0 Å². The second kappa shape index (κ2) is 7.55. The summed E-state index contributed by atoms with van der Waals surface area (Å²) in [6.45, 7) is 2.46. The third-order valence-electron chi connectivity index (χ3n) is 2.35. The van der Waals surface area contributed by atoms with Crippen molar-refractivity contribution in [3.63, 3.8) is 0 Å². The summed E-state index contributed by atoms with van der Waals surface area (Å²) in [6.07, 6.45) is 0.421. The molecule has 1 aromatic rings. The molecule has 18 heavy (non-hydrogen) atoms. The largest absolute Gasteiger partial charge is 0.497 e. The molecule has 0 radical (unpaired) electrons. The molecule has 0 aromatic heterocycles. The predicted molar refractivity (Wildman–Crippen MR) is 67.7 cm³/mol. The van der Waals surface area contributed by atoms with Crippen LogP contribution in [-0.4, -0.2) is 32.3 Å². The Kier molecular flexibility index (Phi) is 6.00. The number of carbonyl (C=O) groups excluding carboxylic acids is 1. The maximum Gasteiger partial charge on any atom is 0.323 e. The molecule has 0 fully saturated rings. The second-order valence-electron chi connectivity index (χ2n) is 3.67. The molecule has 5 nitrogen and oxygen atoms in total. The molecular formula is C13H19NO4. The monoisotopic (exact) mass is 253 g/mol. The highest BCUT2D eigenvalue weighted by atomic mass is 16.5. The van der Waals surface area contributed by atoms with E-state index in [-0.39, 0.29) is 0 Å². The van der Waals surface area contributed by atoms with Gasteiger partial charge in [0.05, 0.1) is 20.3 Å². The highest BCUT2D eigenvalue weighted by molar-refractivity contribution is 5.75. The molecule has 0 amide bonds. The van der Waals surface area contributed by atoms with Crippen molar-refractivity contribution in [2.75, 3.05) is 20.3 Å². The summed E-state index contributed by atoms with van der Waals surface area (Å²) >= 11 is 0. The molecule has 1 rings (SSSR count). The smallest absolute Gasteiger partial charge is 0.323 e. The van der Waals surface area contributed by atoms with Gasteiger partial charge in [-0.1, -0.05) is 0 Å². The van der Waals surface area contributed by atoms with E-state index in [1.807, 2.05) is 0 Å². The molecule has 5 heteroatoms. The number of benzene rings is 1. The Bertz CT molecular complexity index is 364. The zero-order valence-electron chi connectivity index (χ0n) is 10.7. The molecule has 0 bridgehead atoms. The lowest BCUT2D eigenvalue weighted by Gasteiger charge is -2.11. The first-order valence-electron chi connectivity index (χ1n) is 5.86. The fraction of sp³-hybridized carbons (Fsp3) is 0.462. The van der Waals surface area contributed by atoms with Crippen LogP contribution in [0, 0.1) is 0 Å². The average molecular weight is 253 g/mol. The number of esters is 1. The normalized spacial score (nSPS) is 11.7. The summed E-state index contributed by atoms with van der Waals surface area (Å²) in [4.78, 5) is 11.2. The first-order valence-corrected chi connectivity index (χ1v) is 5.86. The molecule has 0 saturated heterocycles. The molecule has 100 valence electrons. The topological polar surface area (TPSA) is 70.8 Å². The third-order valence-corrected chi connectivity index (χ3v) is 2.35. The van der Waals surface area contributed by atoms with Crippen LogP contribution in [0.4, 0.5) is 0 Å². The van der Waals surface area contributed by atoms with E-state index in [4.69, 9.17) is 19.9 Å². The van der Waals surface area contributed by atoms with Gasteiger partial charge in [-0.3, -0.25) is 4.79 Å². The predicted octanol–water partition coefficient (Wildman–Crippen LogP) is 1.35. The lowest BCUT2D eigenvalue weighted by Crippen LogP contribution is -2.33. The maximum atomic E-state index is 11.2. The van der Waals surface area contributed by atoms with Gasteiger partial charge in [-0.15, -0.1) is 0 Å². The molecule has 0 saturated carbocycles. The summed E-state index contributed by atoms with van der Waals surface area (Å²) in [5.74, 6) is 1.09. The minimum atomic E-state index is -0.636.